The molecule has 1 aliphatic rings. The SMILES string of the molecule is COS(=O)(=O)C1(c2cc(C(=O)O)ccc2C(=O)O)c2ccc(O)cc2Oc2cc(O)ccc21. The van der Waals surface area contributed by atoms with Gasteiger partial charge in [-0.1, -0.05) is 0 Å². The fourth-order valence-electron chi connectivity index (χ4n) is 4.01. The summed E-state index contributed by atoms with van der Waals surface area (Å²) in [4.78, 5) is 23.8. The van der Waals surface area contributed by atoms with Crippen LogP contribution < -0.4 is 4.74 Å². The topological polar surface area (TPSA) is 168 Å². The van der Waals surface area contributed by atoms with Crippen LogP contribution in [-0.2, 0) is 19.0 Å². The minimum Gasteiger partial charge on any atom is -0.508 e. The molecule has 0 spiro atoms. The Hall–Kier alpha value is -4.09. The van der Waals surface area contributed by atoms with Gasteiger partial charge in [0, 0.05) is 28.8 Å². The first-order valence-electron chi connectivity index (χ1n) is 9.29. The van der Waals surface area contributed by atoms with Gasteiger partial charge >= 0.3 is 11.9 Å². The average molecular weight is 472 g/mol. The van der Waals surface area contributed by atoms with Crippen LogP contribution in [0.5, 0.6) is 23.0 Å². The first kappa shape index (κ1) is 22.1. The van der Waals surface area contributed by atoms with Crippen LogP contribution in [0.3, 0.4) is 0 Å². The number of benzene rings is 3. The van der Waals surface area contributed by atoms with Gasteiger partial charge in [-0.3, -0.25) is 4.18 Å². The predicted molar refractivity (Wildman–Crippen MR) is 112 cm³/mol. The molecule has 0 saturated heterocycles. The Balaban J connectivity index is 2.30. The maximum Gasteiger partial charge on any atom is 0.336 e. The van der Waals surface area contributed by atoms with Crippen molar-refractivity contribution in [2.75, 3.05) is 7.11 Å². The van der Waals surface area contributed by atoms with Gasteiger partial charge in [0.05, 0.1) is 18.2 Å². The molecule has 170 valence electrons. The Kier molecular flexibility index (Phi) is 5.03. The van der Waals surface area contributed by atoms with Gasteiger partial charge in [-0.25, -0.2) is 9.59 Å². The van der Waals surface area contributed by atoms with Crippen molar-refractivity contribution in [3.8, 4) is 23.0 Å². The van der Waals surface area contributed by atoms with E-state index in [4.69, 9.17) is 8.92 Å². The molecule has 10 nitrogen and oxygen atoms in total. The largest absolute Gasteiger partial charge is 0.508 e. The van der Waals surface area contributed by atoms with Crippen LogP contribution in [0.15, 0.2) is 54.6 Å². The van der Waals surface area contributed by atoms with Gasteiger partial charge < -0.3 is 25.2 Å². The maximum atomic E-state index is 13.7. The molecule has 0 fully saturated rings. The summed E-state index contributed by atoms with van der Waals surface area (Å²) in [5.74, 6) is -3.81. The molecule has 3 aromatic carbocycles. The van der Waals surface area contributed by atoms with Gasteiger partial charge in [0.25, 0.3) is 10.1 Å². The first-order valence-corrected chi connectivity index (χ1v) is 10.7. The van der Waals surface area contributed by atoms with Gasteiger partial charge in [0.2, 0.25) is 0 Å². The molecule has 0 unspecified atom stereocenters. The molecule has 0 aliphatic carbocycles. The normalized spacial score (nSPS) is 14.0. The van der Waals surface area contributed by atoms with Crippen LogP contribution in [-0.4, -0.2) is 47.9 Å². The van der Waals surface area contributed by atoms with E-state index in [-0.39, 0.29) is 39.7 Å². The third-order valence-corrected chi connectivity index (χ3v) is 7.23. The highest BCUT2D eigenvalue weighted by Crippen LogP contribution is 2.57. The number of aromatic hydroxyl groups is 2. The minimum absolute atomic E-state index is 0.120. The van der Waals surface area contributed by atoms with Crippen LogP contribution in [0.4, 0.5) is 0 Å². The van der Waals surface area contributed by atoms with E-state index in [0.29, 0.717) is 0 Å². The molecule has 4 rings (SSSR count). The molecular formula is C22H16O10S. The fourth-order valence-corrected chi connectivity index (χ4v) is 5.57. The van der Waals surface area contributed by atoms with E-state index in [1.54, 1.807) is 0 Å². The van der Waals surface area contributed by atoms with Crippen molar-refractivity contribution in [1.82, 2.24) is 0 Å². The van der Waals surface area contributed by atoms with Crippen molar-refractivity contribution >= 4 is 22.1 Å². The summed E-state index contributed by atoms with van der Waals surface area (Å²) in [7, 11) is -3.90. The summed E-state index contributed by atoms with van der Waals surface area (Å²) >= 11 is 0. The lowest BCUT2D eigenvalue weighted by molar-refractivity contribution is 0.0679. The highest BCUT2D eigenvalue weighted by molar-refractivity contribution is 7.88. The summed E-state index contributed by atoms with van der Waals surface area (Å²) < 4.78 is 35.6. The summed E-state index contributed by atoms with van der Waals surface area (Å²) in [6, 6.07) is 9.99. The van der Waals surface area contributed by atoms with Gasteiger partial charge in [-0.15, -0.1) is 0 Å². The van der Waals surface area contributed by atoms with E-state index in [2.05, 4.69) is 0 Å². The number of carboxylic acids is 2. The number of hydrogen-bond donors (Lipinski definition) is 4. The zero-order chi connectivity index (χ0) is 24.1. The number of phenols is 2. The third-order valence-electron chi connectivity index (χ3n) is 5.38. The number of ether oxygens (including phenoxy) is 1. The molecule has 0 bridgehead atoms. The van der Waals surface area contributed by atoms with Crippen LogP contribution >= 0.6 is 0 Å². The zero-order valence-electron chi connectivity index (χ0n) is 16.8. The number of phenolic OH excluding ortho intramolecular Hbond substituents is 2. The fraction of sp³-hybridized carbons (Fsp3) is 0.0909. The lowest BCUT2D eigenvalue weighted by Gasteiger charge is -2.39. The van der Waals surface area contributed by atoms with Gasteiger partial charge in [0.1, 0.15) is 23.0 Å². The predicted octanol–water partition coefficient (Wildman–Crippen LogP) is 2.87. The molecular weight excluding hydrogens is 456 g/mol. The first-order chi connectivity index (χ1) is 15.5. The lowest BCUT2D eigenvalue weighted by Crippen LogP contribution is -2.42. The summed E-state index contributed by atoms with van der Waals surface area (Å²) in [5.41, 5.74) is -1.52. The maximum absolute atomic E-state index is 13.7. The minimum atomic E-state index is -4.79. The number of hydrogen-bond acceptors (Lipinski definition) is 8. The van der Waals surface area contributed by atoms with Crippen molar-refractivity contribution in [2.45, 2.75) is 4.75 Å². The number of aromatic carboxylic acids is 2. The molecule has 0 radical (unpaired) electrons. The van der Waals surface area contributed by atoms with E-state index in [1.165, 1.54) is 24.3 Å². The van der Waals surface area contributed by atoms with E-state index >= 15 is 0 Å². The Labute approximate surface area is 187 Å². The second-order valence-corrected chi connectivity index (χ2v) is 8.99. The molecule has 3 aromatic rings. The summed E-state index contributed by atoms with van der Waals surface area (Å²) in [6.45, 7) is 0. The molecule has 0 aromatic heterocycles. The molecule has 0 amide bonds. The van der Waals surface area contributed by atoms with Gasteiger partial charge in [0.15, 0.2) is 4.75 Å². The van der Waals surface area contributed by atoms with Crippen molar-refractivity contribution in [1.29, 1.82) is 0 Å². The molecule has 1 heterocycles. The van der Waals surface area contributed by atoms with E-state index in [1.807, 2.05) is 0 Å². The standard InChI is InChI=1S/C22H16O10S/c1-31-33(29,30)22(17-8-11(20(25)26)2-5-14(17)21(27)28)15-6-3-12(23)9-18(15)32-19-10-13(24)4-7-16(19)22/h2-10,23-24H,1H3,(H,25,26)(H,27,28). The van der Waals surface area contributed by atoms with Crippen LogP contribution in [0, 0.1) is 0 Å². The second kappa shape index (κ2) is 7.50. The van der Waals surface area contributed by atoms with Crippen LogP contribution in [0.2, 0.25) is 0 Å². The molecule has 33 heavy (non-hydrogen) atoms. The molecule has 0 saturated carbocycles. The third kappa shape index (κ3) is 3.17. The highest BCUT2D eigenvalue weighted by Gasteiger charge is 2.56. The quantitative estimate of drug-likeness (QED) is 0.405. The van der Waals surface area contributed by atoms with E-state index in [9.17, 15) is 38.4 Å². The van der Waals surface area contributed by atoms with E-state index < -0.39 is 37.9 Å². The Bertz CT molecular complexity index is 1370. The average Bonchev–Trinajstić information content (AvgIpc) is 2.76. The number of rotatable bonds is 5. The number of carboxylic acid groups (broad SMARTS) is 2. The summed E-state index contributed by atoms with van der Waals surface area (Å²) in [6.07, 6.45) is 0. The van der Waals surface area contributed by atoms with Crippen LogP contribution in [0.1, 0.15) is 37.4 Å². The molecule has 1 aliphatic heterocycles. The molecule has 0 atom stereocenters. The van der Waals surface area contributed by atoms with Crippen molar-refractivity contribution in [3.05, 3.63) is 82.4 Å². The van der Waals surface area contributed by atoms with Gasteiger partial charge in [-0.2, -0.15) is 8.42 Å². The number of fused-ring (bicyclic) bond motifs is 2. The number of carbonyl (C=O) groups is 2. The highest BCUT2D eigenvalue weighted by atomic mass is 32.2. The smallest absolute Gasteiger partial charge is 0.336 e. The van der Waals surface area contributed by atoms with Gasteiger partial charge in [-0.05, 0) is 42.5 Å². The monoisotopic (exact) mass is 472 g/mol. The van der Waals surface area contributed by atoms with Crippen molar-refractivity contribution in [3.63, 3.8) is 0 Å². The second-order valence-electron chi connectivity index (χ2n) is 7.14. The van der Waals surface area contributed by atoms with E-state index in [0.717, 1.165) is 37.4 Å². The Morgan fingerprint density at radius 2 is 1.36 bits per heavy atom. The molecule has 11 heteroatoms. The van der Waals surface area contributed by atoms with Crippen LogP contribution in [0.25, 0.3) is 0 Å². The molecule has 4 N–H and O–H groups in total. The van der Waals surface area contributed by atoms with Crippen molar-refractivity contribution in [2.24, 2.45) is 0 Å². The Morgan fingerprint density at radius 3 is 1.82 bits per heavy atom. The van der Waals surface area contributed by atoms with Crippen molar-refractivity contribution < 1.29 is 47.4 Å². The zero-order valence-corrected chi connectivity index (χ0v) is 17.7. The Morgan fingerprint density at radius 1 is 0.818 bits per heavy atom. The lowest BCUT2D eigenvalue weighted by atomic mass is 9.79. The summed E-state index contributed by atoms with van der Waals surface area (Å²) in [5, 5.41) is 39.3.